The summed E-state index contributed by atoms with van der Waals surface area (Å²) in [4.78, 5) is 20.7. The number of fused-ring (bicyclic) bond motifs is 1. The van der Waals surface area contributed by atoms with Gasteiger partial charge >= 0.3 is 0 Å². The van der Waals surface area contributed by atoms with Crippen molar-refractivity contribution in [2.24, 2.45) is 10.7 Å². The number of pyridine rings is 1. The van der Waals surface area contributed by atoms with Crippen molar-refractivity contribution in [3.05, 3.63) is 72.1 Å². The molecule has 6 heteroatoms. The summed E-state index contributed by atoms with van der Waals surface area (Å²) in [6.07, 6.45) is 3.41. The lowest BCUT2D eigenvalue weighted by Gasteiger charge is -2.16. The zero-order valence-electron chi connectivity index (χ0n) is 15.4. The lowest BCUT2D eigenvalue weighted by Crippen LogP contribution is -2.24. The van der Waals surface area contributed by atoms with Crippen molar-refractivity contribution in [3.63, 3.8) is 0 Å². The Morgan fingerprint density at radius 2 is 1.71 bits per heavy atom. The van der Waals surface area contributed by atoms with Crippen LogP contribution in [0.1, 0.15) is 15.9 Å². The molecule has 28 heavy (non-hydrogen) atoms. The predicted octanol–water partition coefficient (Wildman–Crippen LogP) is 3.49. The second-order valence-corrected chi connectivity index (χ2v) is 6.34. The molecular formula is C22H19N3O3. The zero-order chi connectivity index (χ0) is 19.5. The number of carbonyl (C=O) groups excluding carboxylic acids is 1. The normalized spacial score (nSPS) is 12.9. The van der Waals surface area contributed by atoms with Crippen molar-refractivity contribution in [1.29, 1.82) is 0 Å². The van der Waals surface area contributed by atoms with Gasteiger partial charge in [-0.3, -0.25) is 14.8 Å². The SMILES string of the molecule is COc1ccc(Oc2cncc(-c3ccc4c(c3)C(CN)=NCC4=O)c2)cc1. The maximum atomic E-state index is 12.1. The molecule has 3 aromatic rings. The van der Waals surface area contributed by atoms with Crippen LogP contribution in [0.15, 0.2) is 65.9 Å². The second-order valence-electron chi connectivity index (χ2n) is 6.34. The highest BCUT2D eigenvalue weighted by molar-refractivity contribution is 6.16. The Labute approximate surface area is 162 Å². The van der Waals surface area contributed by atoms with E-state index in [9.17, 15) is 4.79 Å². The second kappa shape index (κ2) is 7.62. The fraction of sp³-hybridized carbons (Fsp3) is 0.136. The van der Waals surface area contributed by atoms with Crippen LogP contribution < -0.4 is 15.2 Å². The van der Waals surface area contributed by atoms with E-state index in [4.69, 9.17) is 15.2 Å². The molecule has 2 heterocycles. The summed E-state index contributed by atoms with van der Waals surface area (Å²) in [5.74, 6) is 2.08. The molecule has 0 aliphatic carbocycles. The quantitative estimate of drug-likeness (QED) is 0.740. The van der Waals surface area contributed by atoms with Crippen LogP contribution in [-0.2, 0) is 0 Å². The van der Waals surface area contributed by atoms with Crippen LogP contribution >= 0.6 is 0 Å². The number of ether oxygens (including phenoxy) is 2. The number of aromatic nitrogens is 1. The Hall–Kier alpha value is -3.51. The number of methoxy groups -OCH3 is 1. The maximum Gasteiger partial charge on any atom is 0.184 e. The van der Waals surface area contributed by atoms with E-state index in [1.807, 2.05) is 48.5 Å². The lowest BCUT2D eigenvalue weighted by atomic mass is 9.93. The van der Waals surface area contributed by atoms with Crippen molar-refractivity contribution in [2.45, 2.75) is 0 Å². The Balaban J connectivity index is 1.64. The Kier molecular flexibility index (Phi) is 4.87. The van der Waals surface area contributed by atoms with Crippen molar-refractivity contribution < 1.29 is 14.3 Å². The monoisotopic (exact) mass is 373 g/mol. The van der Waals surface area contributed by atoms with Gasteiger partial charge in [0.25, 0.3) is 0 Å². The van der Waals surface area contributed by atoms with Gasteiger partial charge in [-0.2, -0.15) is 0 Å². The highest BCUT2D eigenvalue weighted by Crippen LogP contribution is 2.29. The van der Waals surface area contributed by atoms with E-state index in [-0.39, 0.29) is 12.3 Å². The van der Waals surface area contributed by atoms with Crippen molar-refractivity contribution in [1.82, 2.24) is 4.98 Å². The Bertz CT molecular complexity index is 1060. The number of benzene rings is 2. The Morgan fingerprint density at radius 3 is 2.46 bits per heavy atom. The molecular weight excluding hydrogens is 354 g/mol. The maximum absolute atomic E-state index is 12.1. The van der Waals surface area contributed by atoms with Gasteiger partial charge < -0.3 is 15.2 Å². The summed E-state index contributed by atoms with van der Waals surface area (Å²) in [5, 5.41) is 0. The van der Waals surface area contributed by atoms with E-state index in [2.05, 4.69) is 9.98 Å². The molecule has 0 atom stereocenters. The van der Waals surface area contributed by atoms with Gasteiger partial charge in [-0.15, -0.1) is 0 Å². The molecule has 1 aliphatic heterocycles. The third kappa shape index (κ3) is 3.50. The molecule has 140 valence electrons. The minimum atomic E-state index is 0.00784. The van der Waals surface area contributed by atoms with Crippen molar-refractivity contribution in [3.8, 4) is 28.4 Å². The fourth-order valence-corrected chi connectivity index (χ4v) is 3.13. The molecule has 0 radical (unpaired) electrons. The van der Waals surface area contributed by atoms with Gasteiger partial charge in [-0.1, -0.05) is 12.1 Å². The van der Waals surface area contributed by atoms with Gasteiger partial charge in [0.2, 0.25) is 0 Å². The van der Waals surface area contributed by atoms with E-state index in [0.717, 1.165) is 28.2 Å². The lowest BCUT2D eigenvalue weighted by molar-refractivity contribution is 0.1000. The number of hydrogen-bond acceptors (Lipinski definition) is 6. The highest BCUT2D eigenvalue weighted by Gasteiger charge is 2.20. The molecule has 0 unspecified atom stereocenters. The largest absolute Gasteiger partial charge is 0.497 e. The van der Waals surface area contributed by atoms with E-state index >= 15 is 0 Å². The van der Waals surface area contributed by atoms with E-state index in [1.54, 1.807) is 19.5 Å². The first kappa shape index (κ1) is 17.9. The fourth-order valence-electron chi connectivity index (χ4n) is 3.13. The molecule has 0 fully saturated rings. The first-order chi connectivity index (χ1) is 13.7. The van der Waals surface area contributed by atoms with Gasteiger partial charge in [-0.05, 0) is 42.0 Å². The smallest absolute Gasteiger partial charge is 0.184 e. The first-order valence-corrected chi connectivity index (χ1v) is 8.86. The highest BCUT2D eigenvalue weighted by atomic mass is 16.5. The molecule has 4 rings (SSSR count). The van der Waals surface area contributed by atoms with E-state index in [1.165, 1.54) is 0 Å². The molecule has 1 aliphatic rings. The number of ketones is 1. The number of Topliss-reactive ketones (excluding diaryl/α,β-unsaturated/α-hetero) is 1. The van der Waals surface area contributed by atoms with Gasteiger partial charge in [0.05, 0.1) is 19.0 Å². The van der Waals surface area contributed by atoms with Crippen LogP contribution in [0.25, 0.3) is 11.1 Å². The topological polar surface area (TPSA) is 86.8 Å². The predicted molar refractivity (Wildman–Crippen MR) is 108 cm³/mol. The molecule has 6 nitrogen and oxygen atoms in total. The summed E-state index contributed by atoms with van der Waals surface area (Å²) in [6, 6.07) is 14.9. The number of aliphatic imine (C=N–C) groups is 1. The summed E-state index contributed by atoms with van der Waals surface area (Å²) >= 11 is 0. The van der Waals surface area contributed by atoms with Gasteiger partial charge in [0, 0.05) is 29.4 Å². The third-order valence-corrected chi connectivity index (χ3v) is 4.58. The standard InChI is InChI=1S/C22H19N3O3/c1-27-16-3-5-17(6-4-16)28-18-8-15(11-24-12-18)14-2-7-19-20(9-14)21(10-23)25-13-22(19)26/h2-9,11-12H,10,13,23H2,1H3. The minimum Gasteiger partial charge on any atom is -0.497 e. The number of carbonyl (C=O) groups is 1. The molecule has 0 spiro atoms. The summed E-state index contributed by atoms with van der Waals surface area (Å²) in [6.45, 7) is 0.453. The summed E-state index contributed by atoms with van der Waals surface area (Å²) in [7, 11) is 1.62. The van der Waals surface area contributed by atoms with Crippen LogP contribution in [-0.4, -0.2) is 36.7 Å². The van der Waals surface area contributed by atoms with E-state index < -0.39 is 0 Å². The Morgan fingerprint density at radius 1 is 0.929 bits per heavy atom. The third-order valence-electron chi connectivity index (χ3n) is 4.58. The number of nitrogens with zero attached hydrogens (tertiary/aromatic N) is 2. The van der Waals surface area contributed by atoms with E-state index in [0.29, 0.717) is 23.6 Å². The van der Waals surface area contributed by atoms with Crippen LogP contribution in [0.3, 0.4) is 0 Å². The molecule has 0 saturated carbocycles. The van der Waals surface area contributed by atoms with Crippen LogP contribution in [0.5, 0.6) is 17.2 Å². The first-order valence-electron chi connectivity index (χ1n) is 8.86. The number of hydrogen-bond donors (Lipinski definition) is 1. The molecule has 1 aromatic heterocycles. The molecule has 0 bridgehead atoms. The van der Waals surface area contributed by atoms with Crippen LogP contribution in [0.2, 0.25) is 0 Å². The van der Waals surface area contributed by atoms with Gasteiger partial charge in [0.15, 0.2) is 5.78 Å². The number of rotatable bonds is 5. The summed E-state index contributed by atoms with van der Waals surface area (Å²) in [5.41, 5.74) is 9.80. The van der Waals surface area contributed by atoms with Crippen LogP contribution in [0, 0.1) is 0 Å². The summed E-state index contributed by atoms with van der Waals surface area (Å²) < 4.78 is 11.1. The van der Waals surface area contributed by atoms with Crippen molar-refractivity contribution >= 4 is 11.5 Å². The molecule has 2 N–H and O–H groups in total. The minimum absolute atomic E-state index is 0.00784. The zero-order valence-corrected chi connectivity index (χ0v) is 15.4. The van der Waals surface area contributed by atoms with Gasteiger partial charge in [0.1, 0.15) is 23.8 Å². The molecule has 0 saturated heterocycles. The molecule has 2 aromatic carbocycles. The van der Waals surface area contributed by atoms with Gasteiger partial charge in [-0.25, -0.2) is 0 Å². The average molecular weight is 373 g/mol. The number of nitrogens with two attached hydrogens (primary N) is 1. The van der Waals surface area contributed by atoms with Crippen molar-refractivity contribution in [2.75, 3.05) is 20.2 Å². The van der Waals surface area contributed by atoms with Crippen LogP contribution in [0.4, 0.5) is 0 Å². The molecule has 0 amide bonds. The average Bonchev–Trinajstić information content (AvgIpc) is 2.74.